The summed E-state index contributed by atoms with van der Waals surface area (Å²) < 4.78 is 53.0. The molecule has 6 heteroatoms. The van der Waals surface area contributed by atoms with Crippen molar-refractivity contribution in [2.45, 2.75) is 44.9 Å². The van der Waals surface area contributed by atoms with Gasteiger partial charge in [0.25, 0.3) is 6.43 Å². The fraction of sp³-hybridized carbons (Fsp3) is 0.538. The second kappa shape index (κ2) is 6.15. The van der Waals surface area contributed by atoms with Gasteiger partial charge in [-0.15, -0.1) is 4.72 Å². The Morgan fingerprint density at radius 3 is 2.32 bits per heavy atom. The molecule has 0 fully saturated rings. The molecule has 0 radical (unpaired) electrons. The van der Waals surface area contributed by atoms with Gasteiger partial charge >= 0.3 is 0 Å². The van der Waals surface area contributed by atoms with Gasteiger partial charge in [0, 0.05) is 22.5 Å². The lowest BCUT2D eigenvalue weighted by Gasteiger charge is -2.26. The third-order valence-corrected chi connectivity index (χ3v) is 4.26. The largest absolute Gasteiger partial charge is 0.598 e. The first kappa shape index (κ1) is 16.3. The number of nitrogens with one attached hydrogen (secondary N) is 1. The van der Waals surface area contributed by atoms with E-state index in [-0.39, 0.29) is 11.1 Å². The molecule has 1 rings (SSSR count). The van der Waals surface area contributed by atoms with E-state index in [4.69, 9.17) is 0 Å². The first-order valence-electron chi connectivity index (χ1n) is 5.88. The third-order valence-electron chi connectivity index (χ3n) is 2.58. The van der Waals surface area contributed by atoms with Gasteiger partial charge in [-0.25, -0.2) is 13.2 Å². The molecule has 0 bridgehead atoms. The molecule has 0 saturated heterocycles. The van der Waals surface area contributed by atoms with Crippen LogP contribution >= 0.6 is 0 Å². The van der Waals surface area contributed by atoms with E-state index in [1.165, 1.54) is 0 Å². The molecule has 1 N–H and O–H groups in total. The van der Waals surface area contributed by atoms with Crippen LogP contribution in [0.3, 0.4) is 0 Å². The topological polar surface area (TPSA) is 35.1 Å². The Hall–Kier alpha value is -0.720. The fourth-order valence-electron chi connectivity index (χ4n) is 1.43. The highest BCUT2D eigenvalue weighted by atomic mass is 32.2. The summed E-state index contributed by atoms with van der Waals surface area (Å²) in [5.41, 5.74) is -0.151. The number of hydrogen-bond acceptors (Lipinski definition) is 2. The van der Waals surface area contributed by atoms with Crippen LogP contribution < -0.4 is 4.72 Å². The highest BCUT2D eigenvalue weighted by Crippen LogP contribution is 2.26. The first-order valence-corrected chi connectivity index (χ1v) is 7.03. The van der Waals surface area contributed by atoms with Crippen molar-refractivity contribution in [3.05, 3.63) is 35.1 Å². The number of halogens is 3. The minimum atomic E-state index is -2.65. The smallest absolute Gasteiger partial charge is 0.263 e. The average molecular weight is 293 g/mol. The lowest BCUT2D eigenvalue weighted by Crippen LogP contribution is -2.40. The van der Waals surface area contributed by atoms with Crippen LogP contribution in [0.4, 0.5) is 13.2 Å². The number of rotatable bonds is 4. The molecule has 0 spiro atoms. The molecule has 1 unspecified atom stereocenters. The zero-order chi connectivity index (χ0) is 14.8. The van der Waals surface area contributed by atoms with Crippen LogP contribution in [0, 0.1) is 5.82 Å². The average Bonchev–Trinajstić information content (AvgIpc) is 2.27. The molecule has 0 amide bonds. The lowest BCUT2D eigenvalue weighted by molar-refractivity contribution is 0.151. The summed E-state index contributed by atoms with van der Waals surface area (Å²) in [6.45, 7) is 6.91. The molecule has 108 valence electrons. The Bertz CT molecular complexity index is 434. The van der Waals surface area contributed by atoms with Gasteiger partial charge < -0.3 is 4.55 Å². The van der Waals surface area contributed by atoms with Crippen molar-refractivity contribution >= 4 is 11.4 Å². The van der Waals surface area contributed by atoms with Gasteiger partial charge in [0.1, 0.15) is 10.6 Å². The van der Waals surface area contributed by atoms with Crippen LogP contribution in [0.5, 0.6) is 0 Å². The molecule has 2 nitrogen and oxygen atoms in total. The molecule has 0 aliphatic rings. The first-order chi connectivity index (χ1) is 8.62. The van der Waals surface area contributed by atoms with Gasteiger partial charge in [0.2, 0.25) is 0 Å². The maximum atomic E-state index is 13.6. The predicted molar refractivity (Wildman–Crippen MR) is 70.8 cm³/mol. The zero-order valence-corrected chi connectivity index (χ0v) is 12.2. The molecule has 1 aromatic rings. The molecule has 0 saturated carbocycles. The fourth-order valence-corrected chi connectivity index (χ4v) is 2.23. The Balaban J connectivity index is 2.93. The van der Waals surface area contributed by atoms with Crippen LogP contribution in [0.25, 0.3) is 0 Å². The van der Waals surface area contributed by atoms with E-state index >= 15 is 0 Å². The van der Waals surface area contributed by atoms with Crippen LogP contribution in [0.15, 0.2) is 18.2 Å². The quantitative estimate of drug-likeness (QED) is 0.855. The molecule has 19 heavy (non-hydrogen) atoms. The summed E-state index contributed by atoms with van der Waals surface area (Å²) in [5, 5.41) is 0. The molecule has 0 aliphatic heterocycles. The Labute approximate surface area is 114 Å². The zero-order valence-electron chi connectivity index (χ0n) is 11.3. The van der Waals surface area contributed by atoms with E-state index in [2.05, 4.69) is 4.72 Å². The van der Waals surface area contributed by atoms with E-state index in [0.717, 1.165) is 18.2 Å². The summed E-state index contributed by atoms with van der Waals surface area (Å²) in [5.74, 6) is -0.588. The van der Waals surface area contributed by atoms with Crippen molar-refractivity contribution in [2.24, 2.45) is 0 Å². The lowest BCUT2D eigenvalue weighted by atomic mass is 10.1. The maximum Gasteiger partial charge on any atom is 0.263 e. The van der Waals surface area contributed by atoms with E-state index in [1.807, 2.05) is 0 Å². The Kier molecular flexibility index (Phi) is 5.29. The third kappa shape index (κ3) is 4.40. The SMILES string of the molecule is CC(N[S@+]([O-])C(C)(C)C)c1cc(C(F)F)ccc1F. The summed E-state index contributed by atoms with van der Waals surface area (Å²) in [7, 11) is 0. The minimum absolute atomic E-state index is 0.0930. The van der Waals surface area contributed by atoms with Crippen molar-refractivity contribution in [3.63, 3.8) is 0 Å². The normalized spacial score (nSPS) is 15.6. The molecular weight excluding hydrogens is 275 g/mol. The highest BCUT2D eigenvalue weighted by Gasteiger charge is 2.29. The van der Waals surface area contributed by atoms with Crippen molar-refractivity contribution in [1.82, 2.24) is 4.72 Å². The van der Waals surface area contributed by atoms with E-state index < -0.39 is 34.4 Å². The number of hydrogen-bond donors (Lipinski definition) is 1. The van der Waals surface area contributed by atoms with Gasteiger partial charge in [-0.2, -0.15) is 0 Å². The molecule has 0 heterocycles. The van der Waals surface area contributed by atoms with Crippen LogP contribution in [-0.2, 0) is 11.4 Å². The van der Waals surface area contributed by atoms with Gasteiger partial charge in [0.05, 0.1) is 6.04 Å². The van der Waals surface area contributed by atoms with Crippen LogP contribution in [-0.4, -0.2) is 9.30 Å². The van der Waals surface area contributed by atoms with Crippen LogP contribution in [0.2, 0.25) is 0 Å². The second-order valence-corrected chi connectivity index (χ2v) is 7.30. The van der Waals surface area contributed by atoms with Crippen LogP contribution in [0.1, 0.15) is 51.3 Å². The van der Waals surface area contributed by atoms with Gasteiger partial charge in [-0.05, 0) is 39.8 Å². The van der Waals surface area contributed by atoms with Crippen molar-refractivity contribution in [3.8, 4) is 0 Å². The van der Waals surface area contributed by atoms with E-state index in [9.17, 15) is 17.7 Å². The molecule has 2 atom stereocenters. The summed E-state index contributed by atoms with van der Waals surface area (Å²) in [6.07, 6.45) is -2.65. The summed E-state index contributed by atoms with van der Waals surface area (Å²) >= 11 is -1.40. The van der Waals surface area contributed by atoms with Crippen molar-refractivity contribution in [2.75, 3.05) is 0 Å². The van der Waals surface area contributed by atoms with Gasteiger partial charge in [-0.1, -0.05) is 6.07 Å². The molecule has 1 aromatic carbocycles. The van der Waals surface area contributed by atoms with Crippen molar-refractivity contribution < 1.29 is 17.7 Å². The Morgan fingerprint density at radius 2 is 1.84 bits per heavy atom. The minimum Gasteiger partial charge on any atom is -0.598 e. The van der Waals surface area contributed by atoms with E-state index in [0.29, 0.717) is 0 Å². The number of benzene rings is 1. The monoisotopic (exact) mass is 293 g/mol. The Morgan fingerprint density at radius 1 is 1.26 bits per heavy atom. The van der Waals surface area contributed by atoms with Gasteiger partial charge in [-0.3, -0.25) is 0 Å². The predicted octanol–water partition coefficient (Wildman–Crippen LogP) is 3.88. The summed E-state index contributed by atoms with van der Waals surface area (Å²) in [6, 6.07) is 2.56. The highest BCUT2D eigenvalue weighted by molar-refractivity contribution is 7.90. The second-order valence-electron chi connectivity index (χ2n) is 5.30. The van der Waals surface area contributed by atoms with Gasteiger partial charge in [0.15, 0.2) is 0 Å². The molecule has 0 aliphatic carbocycles. The van der Waals surface area contributed by atoms with Crippen molar-refractivity contribution in [1.29, 1.82) is 0 Å². The van der Waals surface area contributed by atoms with E-state index in [1.54, 1.807) is 27.7 Å². The maximum absolute atomic E-state index is 13.6. The summed E-state index contributed by atoms with van der Waals surface area (Å²) in [4.78, 5) is 0. The standard InChI is InChI=1S/C13H18F3NOS/c1-8(17-19(18)13(2,3)4)10-7-9(12(15)16)5-6-11(10)14/h5-8,12,17H,1-4H3/t8?,19-/m1/s1. The molecular formula is C13H18F3NOS. The molecule has 0 aromatic heterocycles. The number of alkyl halides is 2.